The molecule has 4 aromatic rings. The van der Waals surface area contributed by atoms with Crippen LogP contribution < -0.4 is 0 Å². The predicted molar refractivity (Wildman–Crippen MR) is 122 cm³/mol. The van der Waals surface area contributed by atoms with Crippen molar-refractivity contribution in [1.82, 2.24) is 24.9 Å². The van der Waals surface area contributed by atoms with Crippen molar-refractivity contribution in [2.24, 2.45) is 0 Å². The van der Waals surface area contributed by atoms with E-state index in [1.807, 2.05) is 52.0 Å². The Morgan fingerprint density at radius 3 is 2.52 bits per heavy atom. The number of hydrogen-bond donors (Lipinski definition) is 0. The molecule has 0 unspecified atom stereocenters. The van der Waals surface area contributed by atoms with Crippen molar-refractivity contribution >= 4 is 28.5 Å². The number of benzene rings is 2. The number of hydrogen-bond acceptors (Lipinski definition) is 4. The Morgan fingerprint density at radius 1 is 0.968 bits per heavy atom. The fraction of sp³-hybridized carbons (Fsp3) is 0.250. The van der Waals surface area contributed by atoms with Gasteiger partial charge in [0.1, 0.15) is 11.4 Å². The van der Waals surface area contributed by atoms with Crippen LogP contribution >= 0.6 is 11.6 Å². The molecule has 1 saturated heterocycles. The van der Waals surface area contributed by atoms with Crippen molar-refractivity contribution in [2.45, 2.75) is 26.3 Å². The minimum atomic E-state index is 0.200. The van der Waals surface area contributed by atoms with Crippen molar-refractivity contribution in [3.8, 4) is 22.5 Å². The molecule has 2 aromatic carbocycles. The SMILES string of the molecule is Cc1cccc(-c2nn(CCN3CCCC3=O)c3nnc(-c4ccccc4)c(Cl)c23)c1. The third-order valence-electron chi connectivity index (χ3n) is 5.69. The lowest BCUT2D eigenvalue weighted by molar-refractivity contribution is -0.127. The van der Waals surface area contributed by atoms with Crippen molar-refractivity contribution in [2.75, 3.05) is 13.1 Å². The Bertz CT molecular complexity index is 1270. The van der Waals surface area contributed by atoms with Gasteiger partial charge >= 0.3 is 0 Å². The molecule has 0 atom stereocenters. The minimum absolute atomic E-state index is 0.200. The normalized spacial score (nSPS) is 14.0. The van der Waals surface area contributed by atoms with E-state index in [-0.39, 0.29) is 5.91 Å². The van der Waals surface area contributed by atoms with Crippen LogP contribution in [0.4, 0.5) is 0 Å². The zero-order valence-corrected chi connectivity index (χ0v) is 18.0. The molecule has 0 N–H and O–H groups in total. The summed E-state index contributed by atoms with van der Waals surface area (Å²) >= 11 is 6.91. The summed E-state index contributed by atoms with van der Waals surface area (Å²) in [5.74, 6) is 0.200. The van der Waals surface area contributed by atoms with Crippen molar-refractivity contribution < 1.29 is 4.79 Å². The van der Waals surface area contributed by atoms with Crippen LogP contribution in [0.5, 0.6) is 0 Å². The molecule has 1 aliphatic heterocycles. The number of nitrogens with zero attached hydrogens (tertiary/aromatic N) is 5. The summed E-state index contributed by atoms with van der Waals surface area (Å²) in [5.41, 5.74) is 5.08. The molecule has 3 heterocycles. The van der Waals surface area contributed by atoms with Crippen LogP contribution in [0.15, 0.2) is 54.6 Å². The summed E-state index contributed by atoms with van der Waals surface area (Å²) in [7, 11) is 0. The van der Waals surface area contributed by atoms with Crippen LogP contribution in [-0.4, -0.2) is 43.9 Å². The molecule has 31 heavy (non-hydrogen) atoms. The average molecular weight is 432 g/mol. The molecule has 0 radical (unpaired) electrons. The fourth-order valence-electron chi connectivity index (χ4n) is 4.10. The molecule has 1 amide bonds. The Hall–Kier alpha value is -3.25. The van der Waals surface area contributed by atoms with E-state index in [1.165, 1.54) is 0 Å². The number of fused-ring (bicyclic) bond motifs is 1. The van der Waals surface area contributed by atoms with Gasteiger partial charge in [-0.1, -0.05) is 65.7 Å². The first kappa shape index (κ1) is 19.7. The molecular formula is C24H22ClN5O. The molecular weight excluding hydrogens is 410 g/mol. The molecule has 6 nitrogen and oxygen atoms in total. The van der Waals surface area contributed by atoms with E-state index >= 15 is 0 Å². The molecule has 1 aliphatic rings. The first-order valence-corrected chi connectivity index (χ1v) is 10.8. The zero-order chi connectivity index (χ0) is 21.4. The summed E-state index contributed by atoms with van der Waals surface area (Å²) in [4.78, 5) is 13.9. The Balaban J connectivity index is 1.64. The fourth-order valence-corrected chi connectivity index (χ4v) is 4.42. The lowest BCUT2D eigenvalue weighted by Crippen LogP contribution is -2.28. The first-order chi connectivity index (χ1) is 15.1. The predicted octanol–water partition coefficient (Wildman–Crippen LogP) is 4.74. The maximum atomic E-state index is 12.0. The highest BCUT2D eigenvalue weighted by molar-refractivity contribution is 6.38. The minimum Gasteiger partial charge on any atom is -0.341 e. The number of rotatable bonds is 5. The highest BCUT2D eigenvalue weighted by Gasteiger charge is 2.23. The van der Waals surface area contributed by atoms with Crippen molar-refractivity contribution in [3.05, 3.63) is 65.2 Å². The van der Waals surface area contributed by atoms with Crippen LogP contribution in [0.25, 0.3) is 33.5 Å². The van der Waals surface area contributed by atoms with Gasteiger partial charge in [-0.3, -0.25) is 4.79 Å². The van der Waals surface area contributed by atoms with Crippen LogP contribution in [0.1, 0.15) is 18.4 Å². The molecule has 0 bridgehead atoms. The zero-order valence-electron chi connectivity index (χ0n) is 17.3. The number of aromatic nitrogens is 4. The lowest BCUT2D eigenvalue weighted by Gasteiger charge is -2.15. The van der Waals surface area contributed by atoms with Gasteiger partial charge in [0.25, 0.3) is 0 Å². The second kappa shape index (κ2) is 8.12. The van der Waals surface area contributed by atoms with E-state index in [0.717, 1.165) is 40.7 Å². The molecule has 2 aromatic heterocycles. The van der Waals surface area contributed by atoms with Gasteiger partial charge in [-0.05, 0) is 19.4 Å². The smallest absolute Gasteiger partial charge is 0.222 e. The van der Waals surface area contributed by atoms with E-state index in [1.54, 1.807) is 0 Å². The van der Waals surface area contributed by atoms with Crippen LogP contribution in [0.2, 0.25) is 5.02 Å². The first-order valence-electron chi connectivity index (χ1n) is 10.4. The molecule has 0 spiro atoms. The van der Waals surface area contributed by atoms with E-state index in [2.05, 4.69) is 29.3 Å². The summed E-state index contributed by atoms with van der Waals surface area (Å²) in [5, 5.41) is 15.1. The van der Waals surface area contributed by atoms with E-state index in [4.69, 9.17) is 16.7 Å². The second-order valence-corrected chi connectivity index (χ2v) is 8.23. The number of likely N-dealkylation sites (tertiary alicyclic amines) is 1. The van der Waals surface area contributed by atoms with Crippen LogP contribution in [-0.2, 0) is 11.3 Å². The van der Waals surface area contributed by atoms with Gasteiger partial charge in [-0.2, -0.15) is 5.10 Å². The summed E-state index contributed by atoms with van der Waals surface area (Å²) < 4.78 is 1.83. The number of carbonyl (C=O) groups is 1. The quantitative estimate of drug-likeness (QED) is 0.457. The van der Waals surface area contributed by atoms with E-state index in [9.17, 15) is 4.79 Å². The standard InChI is InChI=1S/C24H22ClN5O/c1-16-7-5-10-18(15-16)22-20-21(25)23(17-8-3-2-4-9-17)26-27-24(20)30(28-22)14-13-29-12-6-11-19(29)31/h2-5,7-10,15H,6,11-14H2,1H3. The summed E-state index contributed by atoms with van der Waals surface area (Å²) in [6.45, 7) is 4.00. The largest absolute Gasteiger partial charge is 0.341 e. The summed E-state index contributed by atoms with van der Waals surface area (Å²) in [6.07, 6.45) is 1.54. The molecule has 0 aliphatic carbocycles. The highest BCUT2D eigenvalue weighted by atomic mass is 35.5. The number of aryl methyl sites for hydroxylation is 1. The number of amides is 1. The van der Waals surface area contributed by atoms with Crippen LogP contribution in [0, 0.1) is 6.92 Å². The molecule has 0 saturated carbocycles. The maximum absolute atomic E-state index is 12.0. The Labute approximate surface area is 185 Å². The van der Waals surface area contributed by atoms with Gasteiger partial charge in [0.15, 0.2) is 5.65 Å². The van der Waals surface area contributed by atoms with Crippen molar-refractivity contribution in [3.63, 3.8) is 0 Å². The van der Waals surface area contributed by atoms with Crippen molar-refractivity contribution in [1.29, 1.82) is 0 Å². The van der Waals surface area contributed by atoms with Gasteiger partial charge < -0.3 is 4.90 Å². The average Bonchev–Trinajstić information content (AvgIpc) is 3.37. The maximum Gasteiger partial charge on any atom is 0.222 e. The number of carbonyl (C=O) groups excluding carboxylic acids is 1. The van der Waals surface area contributed by atoms with E-state index in [0.29, 0.717) is 35.9 Å². The van der Waals surface area contributed by atoms with Gasteiger partial charge in [-0.25, -0.2) is 4.68 Å². The topological polar surface area (TPSA) is 63.9 Å². The Kier molecular flexibility index (Phi) is 5.16. The molecule has 1 fully saturated rings. The van der Waals surface area contributed by atoms with E-state index < -0.39 is 0 Å². The number of halogens is 1. The summed E-state index contributed by atoms with van der Waals surface area (Å²) in [6, 6.07) is 18.0. The second-order valence-electron chi connectivity index (χ2n) is 7.85. The molecule has 7 heteroatoms. The monoisotopic (exact) mass is 431 g/mol. The van der Waals surface area contributed by atoms with Gasteiger partial charge in [-0.15, -0.1) is 10.2 Å². The van der Waals surface area contributed by atoms with Gasteiger partial charge in [0.05, 0.1) is 17.0 Å². The van der Waals surface area contributed by atoms with Gasteiger partial charge in [0, 0.05) is 30.6 Å². The molecule has 156 valence electrons. The molecule has 5 rings (SSSR count). The van der Waals surface area contributed by atoms with Gasteiger partial charge in [0.2, 0.25) is 5.91 Å². The third-order valence-corrected chi connectivity index (χ3v) is 6.06. The lowest BCUT2D eigenvalue weighted by atomic mass is 10.1. The third kappa shape index (κ3) is 3.68. The Morgan fingerprint density at radius 2 is 1.77 bits per heavy atom. The van der Waals surface area contributed by atoms with Crippen LogP contribution in [0.3, 0.4) is 0 Å². The highest BCUT2D eigenvalue weighted by Crippen LogP contribution is 2.37.